The monoisotopic (exact) mass is 350 g/mol. The molecular weight excluding hydrogens is 324 g/mol. The van der Waals surface area contributed by atoms with Crippen LogP contribution in [0.3, 0.4) is 0 Å². The average Bonchev–Trinajstić information content (AvgIpc) is 2.67. The van der Waals surface area contributed by atoms with Crippen LogP contribution in [0.4, 0.5) is 5.95 Å². The number of Topliss-reactive ketones (excluding diaryl/α,β-unsaturated/α-hetero) is 1. The van der Waals surface area contributed by atoms with Gasteiger partial charge in [-0.3, -0.25) is 14.8 Å². The van der Waals surface area contributed by atoms with Gasteiger partial charge in [-0.25, -0.2) is 15.4 Å². The van der Waals surface area contributed by atoms with Crippen molar-refractivity contribution in [2.75, 3.05) is 31.2 Å². The van der Waals surface area contributed by atoms with Crippen molar-refractivity contribution in [2.24, 2.45) is 0 Å². The first-order chi connectivity index (χ1) is 12.2. The Bertz CT molecular complexity index is 544. The normalized spacial score (nSPS) is 14.4. The molecule has 2 heterocycles. The van der Waals surface area contributed by atoms with E-state index in [4.69, 9.17) is 9.94 Å². The second kappa shape index (κ2) is 10.7. The molecule has 1 aromatic heterocycles. The molecule has 2 rings (SSSR count). The van der Waals surface area contributed by atoms with Crippen molar-refractivity contribution in [1.82, 2.24) is 15.4 Å². The lowest BCUT2D eigenvalue weighted by Gasteiger charge is -2.26. The van der Waals surface area contributed by atoms with Gasteiger partial charge < -0.3 is 9.64 Å². The molecule has 2 N–H and O–H groups in total. The number of morpholine rings is 1. The molecule has 1 fully saturated rings. The molecule has 0 aliphatic carbocycles. The average molecular weight is 350 g/mol. The van der Waals surface area contributed by atoms with Crippen LogP contribution in [0.5, 0.6) is 0 Å². The van der Waals surface area contributed by atoms with Crippen molar-refractivity contribution in [3.63, 3.8) is 0 Å². The lowest BCUT2D eigenvalue weighted by molar-refractivity contribution is -0.129. The zero-order valence-electron chi connectivity index (χ0n) is 14.4. The van der Waals surface area contributed by atoms with E-state index in [9.17, 15) is 9.59 Å². The van der Waals surface area contributed by atoms with E-state index in [1.165, 1.54) is 0 Å². The Balaban J connectivity index is 1.63. The van der Waals surface area contributed by atoms with Gasteiger partial charge in [0.1, 0.15) is 0 Å². The third-order valence-corrected chi connectivity index (χ3v) is 4.19. The first-order valence-electron chi connectivity index (χ1n) is 8.81. The largest absolute Gasteiger partial charge is 0.378 e. The number of amides is 1. The standard InChI is InChI=1S/C17H26N4O4/c22-15(6-4-2-1-3-5-7-16(23)20-24)14-12-18-17(19-13-14)21-8-10-25-11-9-21/h12-13,24H,1-11H2,(H,20,23). The summed E-state index contributed by atoms with van der Waals surface area (Å²) in [4.78, 5) is 33.6. The summed E-state index contributed by atoms with van der Waals surface area (Å²) in [7, 11) is 0. The number of ketones is 1. The second-order valence-electron chi connectivity index (χ2n) is 6.10. The van der Waals surface area contributed by atoms with Gasteiger partial charge >= 0.3 is 0 Å². The van der Waals surface area contributed by atoms with Crippen LogP contribution in [0.15, 0.2) is 12.4 Å². The van der Waals surface area contributed by atoms with E-state index in [0.717, 1.165) is 45.2 Å². The summed E-state index contributed by atoms with van der Waals surface area (Å²) < 4.78 is 5.30. The Morgan fingerprint density at radius 2 is 1.64 bits per heavy atom. The summed E-state index contributed by atoms with van der Waals surface area (Å²) >= 11 is 0. The van der Waals surface area contributed by atoms with Gasteiger partial charge in [0.15, 0.2) is 5.78 Å². The molecule has 1 aromatic rings. The number of carbonyl (C=O) groups is 2. The molecule has 138 valence electrons. The molecular formula is C17H26N4O4. The minimum atomic E-state index is -0.351. The number of aromatic nitrogens is 2. The van der Waals surface area contributed by atoms with Crippen molar-refractivity contribution >= 4 is 17.6 Å². The van der Waals surface area contributed by atoms with E-state index in [2.05, 4.69) is 14.9 Å². The van der Waals surface area contributed by atoms with E-state index in [1.54, 1.807) is 17.9 Å². The van der Waals surface area contributed by atoms with Crippen LogP contribution >= 0.6 is 0 Å². The Morgan fingerprint density at radius 1 is 1.04 bits per heavy atom. The molecule has 8 heteroatoms. The number of rotatable bonds is 10. The van der Waals surface area contributed by atoms with Crippen molar-refractivity contribution in [1.29, 1.82) is 0 Å². The molecule has 0 bridgehead atoms. The molecule has 8 nitrogen and oxygen atoms in total. The molecule has 0 unspecified atom stereocenters. The van der Waals surface area contributed by atoms with Gasteiger partial charge in [-0.1, -0.05) is 19.3 Å². The first kappa shape index (κ1) is 19.3. The lowest BCUT2D eigenvalue weighted by Crippen LogP contribution is -2.37. The summed E-state index contributed by atoms with van der Waals surface area (Å²) in [5.74, 6) is 0.357. The van der Waals surface area contributed by atoms with E-state index in [1.807, 2.05) is 0 Å². The molecule has 0 saturated carbocycles. The maximum absolute atomic E-state index is 12.2. The van der Waals surface area contributed by atoms with Gasteiger partial charge in [-0.05, 0) is 12.8 Å². The number of hydrogen-bond donors (Lipinski definition) is 2. The third-order valence-electron chi connectivity index (χ3n) is 4.19. The van der Waals surface area contributed by atoms with Crippen LogP contribution in [-0.4, -0.2) is 53.2 Å². The number of unbranched alkanes of at least 4 members (excludes halogenated alkanes) is 4. The molecule has 1 aliphatic heterocycles. The number of nitrogens with zero attached hydrogens (tertiary/aromatic N) is 3. The smallest absolute Gasteiger partial charge is 0.243 e. The van der Waals surface area contributed by atoms with Crippen LogP contribution in [-0.2, 0) is 9.53 Å². The molecule has 1 saturated heterocycles. The van der Waals surface area contributed by atoms with Crippen molar-refractivity contribution in [2.45, 2.75) is 44.9 Å². The van der Waals surface area contributed by atoms with Crippen LogP contribution in [0.1, 0.15) is 55.3 Å². The molecule has 0 spiro atoms. The fourth-order valence-corrected chi connectivity index (χ4v) is 2.69. The van der Waals surface area contributed by atoms with Gasteiger partial charge in [0.2, 0.25) is 11.9 Å². The number of carbonyl (C=O) groups excluding carboxylic acids is 2. The van der Waals surface area contributed by atoms with E-state index < -0.39 is 0 Å². The van der Waals surface area contributed by atoms with Crippen LogP contribution in [0.2, 0.25) is 0 Å². The highest BCUT2D eigenvalue weighted by molar-refractivity contribution is 5.95. The molecule has 25 heavy (non-hydrogen) atoms. The Kier molecular flexibility index (Phi) is 8.27. The summed E-state index contributed by atoms with van der Waals surface area (Å²) in [5.41, 5.74) is 2.17. The van der Waals surface area contributed by atoms with Crippen LogP contribution in [0, 0.1) is 0 Å². The predicted octanol–water partition coefficient (Wildman–Crippen LogP) is 1.73. The van der Waals surface area contributed by atoms with Gasteiger partial charge in [0, 0.05) is 38.3 Å². The highest BCUT2D eigenvalue weighted by Crippen LogP contribution is 2.13. The number of anilines is 1. The SMILES string of the molecule is O=C(CCCCCCCC(=O)c1cnc(N2CCOCC2)nc1)NO. The number of ether oxygens (including phenoxy) is 1. The molecule has 1 aliphatic rings. The predicted molar refractivity (Wildman–Crippen MR) is 91.6 cm³/mol. The van der Waals surface area contributed by atoms with Crippen LogP contribution in [0.25, 0.3) is 0 Å². The first-order valence-corrected chi connectivity index (χ1v) is 8.81. The fraction of sp³-hybridized carbons (Fsp3) is 0.647. The summed E-state index contributed by atoms with van der Waals surface area (Å²) in [5, 5.41) is 8.38. The highest BCUT2D eigenvalue weighted by Gasteiger charge is 2.14. The van der Waals surface area contributed by atoms with Gasteiger partial charge in [-0.2, -0.15) is 0 Å². The fourth-order valence-electron chi connectivity index (χ4n) is 2.69. The molecule has 0 atom stereocenters. The summed E-state index contributed by atoms with van der Waals surface area (Å²) in [6.45, 7) is 2.89. The summed E-state index contributed by atoms with van der Waals surface area (Å²) in [6, 6.07) is 0. The molecule has 0 aromatic carbocycles. The van der Waals surface area contributed by atoms with Crippen molar-refractivity contribution < 1.29 is 19.5 Å². The Labute approximate surface area is 147 Å². The van der Waals surface area contributed by atoms with E-state index in [0.29, 0.717) is 37.6 Å². The van der Waals surface area contributed by atoms with E-state index >= 15 is 0 Å². The number of hydroxylamine groups is 1. The molecule has 1 amide bonds. The maximum atomic E-state index is 12.2. The minimum absolute atomic E-state index is 0.0631. The topological polar surface area (TPSA) is 105 Å². The van der Waals surface area contributed by atoms with Gasteiger partial charge in [-0.15, -0.1) is 0 Å². The number of hydrogen-bond acceptors (Lipinski definition) is 7. The van der Waals surface area contributed by atoms with Gasteiger partial charge in [0.25, 0.3) is 0 Å². The second-order valence-corrected chi connectivity index (χ2v) is 6.10. The zero-order chi connectivity index (χ0) is 17.9. The summed E-state index contributed by atoms with van der Waals surface area (Å²) in [6.07, 6.45) is 8.42. The third kappa shape index (κ3) is 6.75. The quantitative estimate of drug-likeness (QED) is 0.286. The van der Waals surface area contributed by atoms with E-state index in [-0.39, 0.29) is 11.7 Å². The Hall–Kier alpha value is -2.06. The van der Waals surface area contributed by atoms with Gasteiger partial charge in [0.05, 0.1) is 18.8 Å². The van der Waals surface area contributed by atoms with Crippen molar-refractivity contribution in [3.8, 4) is 0 Å². The maximum Gasteiger partial charge on any atom is 0.243 e. The number of nitrogens with one attached hydrogen (secondary N) is 1. The zero-order valence-corrected chi connectivity index (χ0v) is 14.4. The highest BCUT2D eigenvalue weighted by atomic mass is 16.5. The lowest BCUT2D eigenvalue weighted by atomic mass is 10.1. The van der Waals surface area contributed by atoms with Crippen molar-refractivity contribution in [3.05, 3.63) is 18.0 Å². The Morgan fingerprint density at radius 3 is 2.28 bits per heavy atom. The molecule has 0 radical (unpaired) electrons. The van der Waals surface area contributed by atoms with Crippen LogP contribution < -0.4 is 10.4 Å². The minimum Gasteiger partial charge on any atom is -0.378 e.